The molecule has 4 heterocycles. The van der Waals surface area contributed by atoms with Crippen LogP contribution in [-0.2, 0) is 9.53 Å². The molecule has 2 aromatic heterocycles. The van der Waals surface area contributed by atoms with Gasteiger partial charge in [-0.05, 0) is 75.2 Å². The quantitative estimate of drug-likeness (QED) is 0.325. The van der Waals surface area contributed by atoms with E-state index in [2.05, 4.69) is 9.56 Å². The maximum Gasteiger partial charge on any atom is 0.338 e. The van der Waals surface area contributed by atoms with E-state index < -0.39 is 12.0 Å². The van der Waals surface area contributed by atoms with Crippen LogP contribution in [0.4, 0.5) is 0 Å². The zero-order valence-corrected chi connectivity index (χ0v) is 23.9. The lowest BCUT2D eigenvalue weighted by molar-refractivity contribution is -0.139. The summed E-state index contributed by atoms with van der Waals surface area (Å²) in [6.07, 6.45) is 1.89. The summed E-state index contributed by atoms with van der Waals surface area (Å²) in [4.78, 5) is 32.2. The topological polar surface area (TPSA) is 84.1 Å². The second-order valence-corrected chi connectivity index (χ2v) is 11.0. The molecule has 0 spiro atoms. The molecule has 0 radical (unpaired) electrons. The number of halogens is 1. The van der Waals surface area contributed by atoms with Crippen LogP contribution >= 0.6 is 22.9 Å². The Morgan fingerprint density at radius 2 is 1.88 bits per heavy atom. The number of carbonyl (C=O) groups is 1. The van der Waals surface area contributed by atoms with Crippen molar-refractivity contribution in [2.24, 2.45) is 4.99 Å². The number of ether oxygens (including phenoxy) is 3. The van der Waals surface area contributed by atoms with Crippen LogP contribution in [0, 0.1) is 13.8 Å². The fourth-order valence-corrected chi connectivity index (χ4v) is 6.41. The van der Waals surface area contributed by atoms with Gasteiger partial charge in [0.1, 0.15) is 0 Å². The second kappa shape index (κ2) is 10.1. The minimum absolute atomic E-state index is 0.211. The molecular weight excluding hydrogens is 550 g/mol. The number of fused-ring (bicyclic) bond motifs is 2. The van der Waals surface area contributed by atoms with Gasteiger partial charge in [0.15, 0.2) is 16.3 Å². The molecule has 0 amide bonds. The van der Waals surface area contributed by atoms with E-state index >= 15 is 0 Å². The number of rotatable bonds is 5. The van der Waals surface area contributed by atoms with Crippen molar-refractivity contribution in [1.82, 2.24) is 9.13 Å². The van der Waals surface area contributed by atoms with Gasteiger partial charge in [-0.3, -0.25) is 9.36 Å². The van der Waals surface area contributed by atoms with Crippen molar-refractivity contribution in [2.45, 2.75) is 33.7 Å². The third kappa shape index (κ3) is 4.35. The molecule has 2 aliphatic rings. The Balaban J connectivity index is 1.49. The highest BCUT2D eigenvalue weighted by Crippen LogP contribution is 2.35. The van der Waals surface area contributed by atoms with Crippen LogP contribution in [0.3, 0.4) is 0 Å². The van der Waals surface area contributed by atoms with E-state index in [0.717, 1.165) is 34.0 Å². The number of carbonyl (C=O) groups excluding carboxylic acids is 1. The predicted molar refractivity (Wildman–Crippen MR) is 153 cm³/mol. The Hall–Kier alpha value is -4.08. The summed E-state index contributed by atoms with van der Waals surface area (Å²) in [5, 5.41) is 0.562. The molecule has 2 aliphatic heterocycles. The van der Waals surface area contributed by atoms with Gasteiger partial charge in [-0.1, -0.05) is 35.1 Å². The summed E-state index contributed by atoms with van der Waals surface area (Å²) in [5.41, 5.74) is 5.20. The normalized spacial score (nSPS) is 16.2. The van der Waals surface area contributed by atoms with Gasteiger partial charge in [0.05, 0.1) is 28.5 Å². The first kappa shape index (κ1) is 26.2. The third-order valence-corrected chi connectivity index (χ3v) is 8.31. The van der Waals surface area contributed by atoms with E-state index in [1.54, 1.807) is 30.5 Å². The number of thiazole rings is 1. The first-order valence-corrected chi connectivity index (χ1v) is 14.0. The Labute approximate surface area is 239 Å². The summed E-state index contributed by atoms with van der Waals surface area (Å²) >= 11 is 7.44. The van der Waals surface area contributed by atoms with Crippen LogP contribution in [0.15, 0.2) is 69.6 Å². The summed E-state index contributed by atoms with van der Waals surface area (Å²) in [6.45, 7) is 7.98. The molecule has 2 aromatic carbocycles. The van der Waals surface area contributed by atoms with E-state index in [-0.39, 0.29) is 19.0 Å². The molecule has 10 heteroatoms. The van der Waals surface area contributed by atoms with Crippen molar-refractivity contribution in [3.05, 3.63) is 107 Å². The minimum atomic E-state index is -0.684. The average molecular weight is 576 g/mol. The third-order valence-electron chi connectivity index (χ3n) is 7.07. The van der Waals surface area contributed by atoms with Crippen LogP contribution in [0.25, 0.3) is 11.8 Å². The van der Waals surface area contributed by atoms with Crippen LogP contribution in [0.2, 0.25) is 5.02 Å². The van der Waals surface area contributed by atoms with Gasteiger partial charge in [0.25, 0.3) is 5.56 Å². The molecule has 1 atom stereocenters. The molecule has 0 bridgehead atoms. The molecular formula is C30H26ClN3O5S. The predicted octanol–water partition coefficient (Wildman–Crippen LogP) is 4.59. The van der Waals surface area contributed by atoms with Crippen molar-refractivity contribution in [3.8, 4) is 17.2 Å². The van der Waals surface area contributed by atoms with Gasteiger partial charge in [-0.15, -0.1) is 0 Å². The molecule has 0 saturated heterocycles. The zero-order valence-electron chi connectivity index (χ0n) is 22.4. The number of esters is 1. The van der Waals surface area contributed by atoms with Gasteiger partial charge in [-0.2, -0.15) is 0 Å². The average Bonchev–Trinajstić information content (AvgIpc) is 3.59. The van der Waals surface area contributed by atoms with Crippen LogP contribution in [-0.4, -0.2) is 28.5 Å². The molecule has 40 heavy (non-hydrogen) atoms. The molecule has 4 aromatic rings. The first-order valence-electron chi connectivity index (χ1n) is 12.8. The van der Waals surface area contributed by atoms with Crippen molar-refractivity contribution < 1.29 is 19.0 Å². The van der Waals surface area contributed by atoms with Crippen LogP contribution < -0.4 is 24.4 Å². The van der Waals surface area contributed by atoms with Crippen molar-refractivity contribution in [1.29, 1.82) is 0 Å². The van der Waals surface area contributed by atoms with Crippen LogP contribution in [0.5, 0.6) is 11.5 Å². The SMILES string of the molecule is CCOC(=O)C1=C(C)N=c2s/c(=C/c3cc(C)n(-c4ccc5c(c4)OCO5)c3C)c(=O)n2[C@@H]1c1ccc(Cl)cc1. The monoisotopic (exact) mass is 575 g/mol. The number of aryl methyl sites for hydroxylation is 1. The molecule has 0 saturated carbocycles. The molecule has 0 aliphatic carbocycles. The highest BCUT2D eigenvalue weighted by atomic mass is 35.5. The molecule has 6 rings (SSSR count). The highest BCUT2D eigenvalue weighted by molar-refractivity contribution is 7.07. The molecule has 0 N–H and O–H groups in total. The number of aromatic nitrogens is 2. The number of nitrogens with zero attached hydrogens (tertiary/aromatic N) is 3. The Bertz CT molecular complexity index is 1880. The molecule has 8 nitrogen and oxygen atoms in total. The van der Waals surface area contributed by atoms with E-state index in [1.807, 2.05) is 56.3 Å². The van der Waals surface area contributed by atoms with E-state index in [1.165, 1.54) is 11.3 Å². The minimum Gasteiger partial charge on any atom is -0.463 e. The first-order chi connectivity index (χ1) is 19.3. The summed E-state index contributed by atoms with van der Waals surface area (Å²) in [6, 6.07) is 14.3. The van der Waals surface area contributed by atoms with Gasteiger partial charge in [0.2, 0.25) is 6.79 Å². The van der Waals surface area contributed by atoms with Gasteiger partial charge < -0.3 is 18.8 Å². The number of allylic oxidation sites excluding steroid dienone is 1. The number of hydrogen-bond acceptors (Lipinski definition) is 7. The van der Waals surface area contributed by atoms with Gasteiger partial charge in [-0.25, -0.2) is 9.79 Å². The number of hydrogen-bond donors (Lipinski definition) is 0. The fraction of sp³-hybridized carbons (Fsp3) is 0.233. The van der Waals surface area contributed by atoms with E-state index in [0.29, 0.717) is 31.4 Å². The lowest BCUT2D eigenvalue weighted by atomic mass is 9.96. The Kier molecular flexibility index (Phi) is 6.64. The maximum atomic E-state index is 13.9. The lowest BCUT2D eigenvalue weighted by Gasteiger charge is -2.24. The molecule has 0 fully saturated rings. The number of benzene rings is 2. The lowest BCUT2D eigenvalue weighted by Crippen LogP contribution is -2.39. The standard InChI is InChI=1S/C30H26ClN3O5S/c1-5-37-29(36)26-17(3)32-30-34(27(26)19-6-8-21(31)9-7-19)28(35)25(40-30)13-20-12-16(2)33(18(20)4)22-10-11-23-24(14-22)39-15-38-23/h6-14,27H,5,15H2,1-4H3/b25-13+/t27-/m1/s1. The molecule has 0 unspecified atom stereocenters. The van der Waals surface area contributed by atoms with E-state index in [9.17, 15) is 9.59 Å². The Morgan fingerprint density at radius 3 is 2.62 bits per heavy atom. The Morgan fingerprint density at radius 1 is 1.12 bits per heavy atom. The smallest absolute Gasteiger partial charge is 0.338 e. The summed E-state index contributed by atoms with van der Waals surface area (Å²) < 4.78 is 20.6. The van der Waals surface area contributed by atoms with Crippen molar-refractivity contribution in [3.63, 3.8) is 0 Å². The van der Waals surface area contributed by atoms with Crippen molar-refractivity contribution in [2.75, 3.05) is 13.4 Å². The van der Waals surface area contributed by atoms with Crippen molar-refractivity contribution >= 4 is 35.0 Å². The second-order valence-electron chi connectivity index (χ2n) is 9.55. The van der Waals surface area contributed by atoms with Gasteiger partial charge in [0, 0.05) is 28.2 Å². The zero-order chi connectivity index (χ0) is 28.1. The van der Waals surface area contributed by atoms with Crippen LogP contribution in [0.1, 0.15) is 42.4 Å². The largest absolute Gasteiger partial charge is 0.463 e. The fourth-order valence-electron chi connectivity index (χ4n) is 5.25. The summed E-state index contributed by atoms with van der Waals surface area (Å²) in [7, 11) is 0. The highest BCUT2D eigenvalue weighted by Gasteiger charge is 2.33. The van der Waals surface area contributed by atoms with Gasteiger partial charge >= 0.3 is 5.97 Å². The van der Waals surface area contributed by atoms with E-state index in [4.69, 9.17) is 25.8 Å². The summed E-state index contributed by atoms with van der Waals surface area (Å²) in [5.74, 6) is 0.931. The maximum absolute atomic E-state index is 13.9. The molecule has 204 valence electrons.